The highest BCUT2D eigenvalue weighted by molar-refractivity contribution is 5.95. The summed E-state index contributed by atoms with van der Waals surface area (Å²) in [5.41, 5.74) is 3.74. The molecule has 0 atom stereocenters. The molecule has 3 aromatic carbocycles. The molecule has 0 saturated carbocycles. The second-order valence-corrected chi connectivity index (χ2v) is 8.24. The Morgan fingerprint density at radius 2 is 1.34 bits per heavy atom. The summed E-state index contributed by atoms with van der Waals surface area (Å²) in [6.07, 6.45) is 0. The largest absolute Gasteiger partial charge is 0.440 e. The van der Waals surface area contributed by atoms with Gasteiger partial charge < -0.3 is 19.1 Å². The zero-order valence-electron chi connectivity index (χ0n) is 18.1. The first-order valence-electron chi connectivity index (χ1n) is 10.7. The number of aryl methyl sites for hydroxylation is 2. The number of benzene rings is 3. The number of nitrogens with zero attached hydrogens (tertiary/aromatic N) is 1. The van der Waals surface area contributed by atoms with Gasteiger partial charge in [-0.05, 0) is 19.9 Å². The van der Waals surface area contributed by atoms with Crippen molar-refractivity contribution in [1.82, 2.24) is 4.90 Å². The van der Waals surface area contributed by atoms with Crippen LogP contribution >= 0.6 is 0 Å². The molecule has 2 aliphatic rings. The molecule has 5 rings (SSSR count). The number of carbonyl (C=O) groups excluding carboxylic acids is 1. The SMILES string of the molecule is Cc1ccc(C2(c3ccc(C)cc3)Oc3cc(F)c(C(=O)N4CCOCC4)cc3O2)cc1. The molecule has 2 aliphatic heterocycles. The van der Waals surface area contributed by atoms with E-state index in [1.807, 2.05) is 62.4 Å². The monoisotopic (exact) mass is 433 g/mol. The van der Waals surface area contributed by atoms with Crippen molar-refractivity contribution < 1.29 is 23.4 Å². The van der Waals surface area contributed by atoms with Crippen molar-refractivity contribution in [2.24, 2.45) is 0 Å². The predicted octanol–water partition coefficient (Wildman–Crippen LogP) is 4.59. The third-order valence-electron chi connectivity index (χ3n) is 5.93. The van der Waals surface area contributed by atoms with Crippen LogP contribution in [0.1, 0.15) is 32.6 Å². The number of halogens is 1. The minimum atomic E-state index is -1.27. The van der Waals surface area contributed by atoms with Crippen molar-refractivity contribution in [2.45, 2.75) is 19.6 Å². The topological polar surface area (TPSA) is 48.0 Å². The van der Waals surface area contributed by atoms with Gasteiger partial charge in [-0.3, -0.25) is 4.79 Å². The Morgan fingerprint density at radius 1 is 0.844 bits per heavy atom. The molecule has 0 aromatic heterocycles. The first-order valence-corrected chi connectivity index (χ1v) is 10.7. The van der Waals surface area contributed by atoms with E-state index in [0.29, 0.717) is 32.1 Å². The zero-order valence-corrected chi connectivity index (χ0v) is 18.1. The van der Waals surface area contributed by atoms with E-state index < -0.39 is 11.6 Å². The fraction of sp³-hybridized carbons (Fsp3) is 0.269. The molecule has 0 N–H and O–H groups in total. The molecule has 164 valence electrons. The number of rotatable bonds is 3. The van der Waals surface area contributed by atoms with E-state index in [2.05, 4.69) is 0 Å². The number of hydrogen-bond donors (Lipinski definition) is 0. The summed E-state index contributed by atoms with van der Waals surface area (Å²) in [6, 6.07) is 18.4. The Balaban J connectivity index is 1.56. The molecule has 0 spiro atoms. The van der Waals surface area contributed by atoms with Crippen molar-refractivity contribution in [3.05, 3.63) is 94.3 Å². The van der Waals surface area contributed by atoms with E-state index in [4.69, 9.17) is 14.2 Å². The summed E-state index contributed by atoms with van der Waals surface area (Å²) in [5.74, 6) is -1.67. The van der Waals surface area contributed by atoms with Crippen LogP contribution in [-0.4, -0.2) is 37.1 Å². The molecule has 0 radical (unpaired) electrons. The standard InChI is InChI=1S/C26H24FNO4/c1-17-3-7-19(8-4-17)26(20-9-5-18(2)6-10-20)31-23-15-21(22(27)16-24(23)32-26)25(29)28-11-13-30-14-12-28/h3-10,15-16H,11-14H2,1-2H3. The van der Waals surface area contributed by atoms with Crippen LogP contribution in [0.2, 0.25) is 0 Å². The van der Waals surface area contributed by atoms with Crippen LogP contribution in [-0.2, 0) is 10.5 Å². The van der Waals surface area contributed by atoms with Crippen molar-refractivity contribution in [1.29, 1.82) is 0 Å². The number of ether oxygens (including phenoxy) is 3. The molecule has 6 heteroatoms. The van der Waals surface area contributed by atoms with Crippen LogP contribution < -0.4 is 9.47 Å². The Hall–Kier alpha value is -3.38. The second-order valence-electron chi connectivity index (χ2n) is 8.24. The quantitative estimate of drug-likeness (QED) is 0.606. The minimum absolute atomic E-state index is 0.0298. The van der Waals surface area contributed by atoms with E-state index in [1.165, 1.54) is 12.1 Å². The van der Waals surface area contributed by atoms with Crippen molar-refractivity contribution in [3.8, 4) is 11.5 Å². The van der Waals surface area contributed by atoms with Crippen molar-refractivity contribution in [3.63, 3.8) is 0 Å². The van der Waals surface area contributed by atoms with Gasteiger partial charge in [0.05, 0.1) is 18.8 Å². The van der Waals surface area contributed by atoms with Crippen LogP contribution in [0.3, 0.4) is 0 Å². The Labute approximate surface area is 186 Å². The first-order chi connectivity index (χ1) is 15.5. The van der Waals surface area contributed by atoms with Gasteiger partial charge in [0.2, 0.25) is 0 Å². The normalized spacial score (nSPS) is 16.8. The van der Waals surface area contributed by atoms with Crippen LogP contribution in [0.4, 0.5) is 4.39 Å². The smallest absolute Gasteiger partial charge is 0.305 e. The second kappa shape index (κ2) is 7.95. The Bertz CT molecular complexity index is 1110. The molecule has 5 nitrogen and oxygen atoms in total. The minimum Gasteiger partial charge on any atom is -0.440 e. The molecule has 1 amide bonds. The number of amides is 1. The van der Waals surface area contributed by atoms with E-state index in [-0.39, 0.29) is 17.2 Å². The van der Waals surface area contributed by atoms with E-state index in [0.717, 1.165) is 22.3 Å². The number of hydrogen-bond acceptors (Lipinski definition) is 4. The lowest BCUT2D eigenvalue weighted by Crippen LogP contribution is -2.41. The van der Waals surface area contributed by atoms with Gasteiger partial charge in [-0.15, -0.1) is 0 Å². The molecule has 3 aromatic rings. The van der Waals surface area contributed by atoms with Crippen LogP contribution in [0, 0.1) is 19.7 Å². The van der Waals surface area contributed by atoms with Gasteiger partial charge in [-0.1, -0.05) is 59.7 Å². The summed E-state index contributed by atoms with van der Waals surface area (Å²) in [6.45, 7) is 5.77. The molecule has 1 saturated heterocycles. The molecular weight excluding hydrogens is 409 g/mol. The van der Waals surface area contributed by atoms with Gasteiger partial charge in [0.1, 0.15) is 5.82 Å². The predicted molar refractivity (Wildman–Crippen MR) is 118 cm³/mol. The fourth-order valence-corrected chi connectivity index (χ4v) is 4.07. The maximum absolute atomic E-state index is 15.0. The summed E-state index contributed by atoms with van der Waals surface area (Å²) in [5, 5.41) is 0. The Morgan fingerprint density at radius 3 is 1.88 bits per heavy atom. The first kappa shape index (κ1) is 20.5. The zero-order chi connectivity index (χ0) is 22.3. The lowest BCUT2D eigenvalue weighted by atomic mass is 9.95. The summed E-state index contributed by atoms with van der Waals surface area (Å²) < 4.78 is 33.0. The van der Waals surface area contributed by atoms with Crippen molar-refractivity contribution in [2.75, 3.05) is 26.3 Å². The molecule has 32 heavy (non-hydrogen) atoms. The summed E-state index contributed by atoms with van der Waals surface area (Å²) in [4.78, 5) is 14.5. The Kier molecular flexibility index (Phi) is 5.10. The van der Waals surface area contributed by atoms with Crippen LogP contribution in [0.15, 0.2) is 60.7 Å². The average Bonchev–Trinajstić information content (AvgIpc) is 3.19. The highest BCUT2D eigenvalue weighted by atomic mass is 19.1. The van der Waals surface area contributed by atoms with E-state index >= 15 is 0 Å². The fourth-order valence-electron chi connectivity index (χ4n) is 4.07. The average molecular weight is 433 g/mol. The molecule has 2 heterocycles. The van der Waals surface area contributed by atoms with Crippen LogP contribution in [0.5, 0.6) is 11.5 Å². The molecule has 0 bridgehead atoms. The number of morpholine rings is 1. The van der Waals surface area contributed by atoms with E-state index in [9.17, 15) is 9.18 Å². The maximum atomic E-state index is 15.0. The van der Waals surface area contributed by atoms with Crippen LogP contribution in [0.25, 0.3) is 0 Å². The van der Waals surface area contributed by atoms with Gasteiger partial charge >= 0.3 is 5.79 Å². The number of carbonyl (C=O) groups is 1. The summed E-state index contributed by atoms with van der Waals surface area (Å²) >= 11 is 0. The van der Waals surface area contributed by atoms with Crippen molar-refractivity contribution >= 4 is 5.91 Å². The molecular formula is C26H24FNO4. The van der Waals surface area contributed by atoms with Gasteiger partial charge in [0.15, 0.2) is 11.5 Å². The third-order valence-corrected chi connectivity index (χ3v) is 5.93. The van der Waals surface area contributed by atoms with Gasteiger partial charge in [0.25, 0.3) is 5.91 Å². The lowest BCUT2D eigenvalue weighted by Gasteiger charge is -2.29. The van der Waals surface area contributed by atoms with E-state index in [1.54, 1.807) is 4.90 Å². The summed E-state index contributed by atoms with van der Waals surface area (Å²) in [7, 11) is 0. The maximum Gasteiger partial charge on any atom is 0.305 e. The molecule has 0 unspecified atom stereocenters. The third kappa shape index (κ3) is 3.50. The lowest BCUT2D eigenvalue weighted by molar-refractivity contribution is -0.0459. The van der Waals surface area contributed by atoms with Gasteiger partial charge in [0, 0.05) is 30.3 Å². The molecule has 0 aliphatic carbocycles. The van der Waals surface area contributed by atoms with Gasteiger partial charge in [-0.2, -0.15) is 0 Å². The highest BCUT2D eigenvalue weighted by Gasteiger charge is 2.46. The number of fused-ring (bicyclic) bond motifs is 1. The van der Waals surface area contributed by atoms with Gasteiger partial charge in [-0.25, -0.2) is 4.39 Å². The molecule has 1 fully saturated rings. The highest BCUT2D eigenvalue weighted by Crippen LogP contribution is 2.48.